The molecule has 0 aliphatic heterocycles. The molecule has 3 nitrogen and oxygen atoms in total. The highest BCUT2D eigenvalue weighted by atomic mass is 16.5. The molecule has 0 aromatic heterocycles. The van der Waals surface area contributed by atoms with Crippen LogP contribution in [0.15, 0.2) is 0 Å². The maximum absolute atomic E-state index is 5.70. The van der Waals surface area contributed by atoms with E-state index >= 15 is 0 Å². The van der Waals surface area contributed by atoms with Gasteiger partial charge in [-0.25, -0.2) is 0 Å². The Hall–Kier alpha value is -0.120. The van der Waals surface area contributed by atoms with E-state index in [1.807, 2.05) is 0 Å². The van der Waals surface area contributed by atoms with Crippen molar-refractivity contribution >= 4 is 0 Å². The number of unbranched alkanes of at least 4 members (excludes halogenated alkanes) is 3. The average molecular weight is 272 g/mol. The third-order valence-corrected chi connectivity index (χ3v) is 3.34. The van der Waals surface area contributed by atoms with Crippen LogP contribution >= 0.6 is 0 Å². The van der Waals surface area contributed by atoms with Crippen molar-refractivity contribution < 1.29 is 4.74 Å². The lowest BCUT2D eigenvalue weighted by Gasteiger charge is -2.21. The molecule has 0 fully saturated rings. The van der Waals surface area contributed by atoms with Gasteiger partial charge >= 0.3 is 0 Å². The molecule has 0 amide bonds. The number of nitrogens with zero attached hydrogens (tertiary/aromatic N) is 1. The summed E-state index contributed by atoms with van der Waals surface area (Å²) in [5.41, 5.74) is 0. The van der Waals surface area contributed by atoms with Gasteiger partial charge in [0.1, 0.15) is 0 Å². The fourth-order valence-electron chi connectivity index (χ4n) is 1.97. The summed E-state index contributed by atoms with van der Waals surface area (Å²) in [6.45, 7) is 14.1. The van der Waals surface area contributed by atoms with Gasteiger partial charge in [0.15, 0.2) is 0 Å². The van der Waals surface area contributed by atoms with Crippen molar-refractivity contribution in [3.63, 3.8) is 0 Å². The third-order valence-electron chi connectivity index (χ3n) is 3.34. The molecule has 19 heavy (non-hydrogen) atoms. The van der Waals surface area contributed by atoms with Gasteiger partial charge in [-0.1, -0.05) is 40.0 Å². The zero-order valence-corrected chi connectivity index (χ0v) is 13.5. The second-order valence-electron chi connectivity index (χ2n) is 5.26. The van der Waals surface area contributed by atoms with Crippen LogP contribution in [0.5, 0.6) is 0 Å². The molecular weight excluding hydrogens is 236 g/mol. The fourth-order valence-corrected chi connectivity index (χ4v) is 1.97. The SMILES string of the molecule is CCCCNCCOCCN(CCCC)CCCC. The highest BCUT2D eigenvalue weighted by Crippen LogP contribution is 1.99. The van der Waals surface area contributed by atoms with Crippen LogP contribution in [0.3, 0.4) is 0 Å². The molecule has 0 saturated heterocycles. The van der Waals surface area contributed by atoms with Gasteiger partial charge in [-0.3, -0.25) is 0 Å². The summed E-state index contributed by atoms with van der Waals surface area (Å²) in [5, 5.41) is 3.40. The van der Waals surface area contributed by atoms with E-state index in [9.17, 15) is 0 Å². The molecule has 0 rings (SSSR count). The van der Waals surface area contributed by atoms with E-state index in [2.05, 4.69) is 31.0 Å². The minimum atomic E-state index is 0.846. The Bertz CT molecular complexity index is 157. The molecule has 116 valence electrons. The molecule has 0 aliphatic rings. The van der Waals surface area contributed by atoms with Crippen molar-refractivity contribution in [2.24, 2.45) is 0 Å². The van der Waals surface area contributed by atoms with E-state index in [0.29, 0.717) is 0 Å². The Morgan fingerprint density at radius 3 is 1.95 bits per heavy atom. The Balaban J connectivity index is 3.40. The monoisotopic (exact) mass is 272 g/mol. The molecule has 1 N–H and O–H groups in total. The highest BCUT2D eigenvalue weighted by molar-refractivity contribution is 4.57. The molecule has 0 aromatic carbocycles. The number of rotatable bonds is 15. The average Bonchev–Trinajstić information content (AvgIpc) is 2.43. The van der Waals surface area contributed by atoms with Crippen LogP contribution in [0.1, 0.15) is 59.3 Å². The Morgan fingerprint density at radius 1 is 0.737 bits per heavy atom. The van der Waals surface area contributed by atoms with Crippen LogP contribution in [-0.4, -0.2) is 50.8 Å². The topological polar surface area (TPSA) is 24.5 Å². The van der Waals surface area contributed by atoms with Crippen molar-refractivity contribution in [1.29, 1.82) is 0 Å². The molecule has 0 saturated carbocycles. The van der Waals surface area contributed by atoms with Crippen molar-refractivity contribution in [2.75, 3.05) is 45.9 Å². The molecule has 0 aromatic rings. The third kappa shape index (κ3) is 14.1. The molecule has 0 unspecified atom stereocenters. The highest BCUT2D eigenvalue weighted by Gasteiger charge is 2.03. The predicted molar refractivity (Wildman–Crippen MR) is 84.9 cm³/mol. The van der Waals surface area contributed by atoms with E-state index in [-0.39, 0.29) is 0 Å². The minimum absolute atomic E-state index is 0.846. The summed E-state index contributed by atoms with van der Waals surface area (Å²) >= 11 is 0. The van der Waals surface area contributed by atoms with Crippen LogP contribution in [0.2, 0.25) is 0 Å². The van der Waals surface area contributed by atoms with Gasteiger partial charge < -0.3 is 15.0 Å². The molecular formula is C16H36N2O. The molecule has 0 radical (unpaired) electrons. The quantitative estimate of drug-likeness (QED) is 0.463. The summed E-state index contributed by atoms with van der Waals surface area (Å²) in [7, 11) is 0. The number of hydrogen-bond acceptors (Lipinski definition) is 3. The van der Waals surface area contributed by atoms with Gasteiger partial charge in [0.25, 0.3) is 0 Å². The minimum Gasteiger partial charge on any atom is -0.379 e. The summed E-state index contributed by atoms with van der Waals surface area (Å²) in [6, 6.07) is 0. The molecule has 0 bridgehead atoms. The maximum Gasteiger partial charge on any atom is 0.0594 e. The lowest BCUT2D eigenvalue weighted by molar-refractivity contribution is 0.104. The Kier molecular flexibility index (Phi) is 15.8. The molecule has 0 heterocycles. The van der Waals surface area contributed by atoms with Crippen LogP contribution in [0.25, 0.3) is 0 Å². The van der Waals surface area contributed by atoms with E-state index in [4.69, 9.17) is 4.74 Å². The molecule has 0 aliphatic carbocycles. The second kappa shape index (κ2) is 15.9. The summed E-state index contributed by atoms with van der Waals surface area (Å²) in [6.07, 6.45) is 7.71. The number of nitrogens with one attached hydrogen (secondary N) is 1. The first-order valence-corrected chi connectivity index (χ1v) is 8.35. The van der Waals surface area contributed by atoms with Crippen molar-refractivity contribution in [3.8, 4) is 0 Å². The van der Waals surface area contributed by atoms with Crippen molar-refractivity contribution in [2.45, 2.75) is 59.3 Å². The van der Waals surface area contributed by atoms with Crippen LogP contribution in [-0.2, 0) is 4.74 Å². The van der Waals surface area contributed by atoms with Gasteiger partial charge in [-0.05, 0) is 38.9 Å². The Morgan fingerprint density at radius 2 is 1.37 bits per heavy atom. The first-order valence-electron chi connectivity index (χ1n) is 8.35. The predicted octanol–water partition coefficient (Wildman–Crippen LogP) is 3.29. The standard InChI is InChI=1S/C16H36N2O/c1-4-7-10-17-11-15-19-16-14-18(12-8-5-2)13-9-6-3/h17H,4-16H2,1-3H3. The first-order chi connectivity index (χ1) is 9.35. The molecule has 0 atom stereocenters. The molecule has 3 heteroatoms. The van der Waals surface area contributed by atoms with Gasteiger partial charge in [-0.2, -0.15) is 0 Å². The van der Waals surface area contributed by atoms with Crippen LogP contribution < -0.4 is 5.32 Å². The summed E-state index contributed by atoms with van der Waals surface area (Å²) < 4.78 is 5.70. The summed E-state index contributed by atoms with van der Waals surface area (Å²) in [4.78, 5) is 2.55. The van der Waals surface area contributed by atoms with Crippen LogP contribution in [0, 0.1) is 0 Å². The lowest BCUT2D eigenvalue weighted by atomic mass is 10.2. The second-order valence-corrected chi connectivity index (χ2v) is 5.26. The van der Waals surface area contributed by atoms with Crippen molar-refractivity contribution in [1.82, 2.24) is 10.2 Å². The smallest absolute Gasteiger partial charge is 0.0594 e. The van der Waals surface area contributed by atoms with Crippen molar-refractivity contribution in [3.05, 3.63) is 0 Å². The van der Waals surface area contributed by atoms with E-state index in [1.54, 1.807) is 0 Å². The Labute approximate surface area is 121 Å². The first kappa shape index (κ1) is 18.9. The normalized spacial score (nSPS) is 11.4. The fraction of sp³-hybridized carbons (Fsp3) is 1.00. The van der Waals surface area contributed by atoms with E-state index in [1.165, 1.54) is 51.6 Å². The van der Waals surface area contributed by atoms with Gasteiger partial charge in [0.05, 0.1) is 13.2 Å². The molecule has 0 spiro atoms. The zero-order valence-electron chi connectivity index (χ0n) is 13.5. The number of hydrogen-bond donors (Lipinski definition) is 1. The van der Waals surface area contributed by atoms with E-state index in [0.717, 1.165) is 32.8 Å². The van der Waals surface area contributed by atoms with Crippen LogP contribution in [0.4, 0.5) is 0 Å². The maximum atomic E-state index is 5.70. The largest absolute Gasteiger partial charge is 0.379 e. The summed E-state index contributed by atoms with van der Waals surface area (Å²) in [5.74, 6) is 0. The van der Waals surface area contributed by atoms with Gasteiger partial charge in [0, 0.05) is 13.1 Å². The lowest BCUT2D eigenvalue weighted by Crippen LogP contribution is -2.30. The van der Waals surface area contributed by atoms with Gasteiger partial charge in [0.2, 0.25) is 0 Å². The van der Waals surface area contributed by atoms with E-state index < -0.39 is 0 Å². The zero-order chi connectivity index (χ0) is 14.2. The number of ether oxygens (including phenoxy) is 1. The van der Waals surface area contributed by atoms with Gasteiger partial charge in [-0.15, -0.1) is 0 Å².